The lowest BCUT2D eigenvalue weighted by Crippen LogP contribution is -2.45. The van der Waals surface area contributed by atoms with Crippen LogP contribution in [0.5, 0.6) is 17.2 Å². The van der Waals surface area contributed by atoms with E-state index in [1.807, 2.05) is 18.2 Å². The number of thiazole rings is 1. The summed E-state index contributed by atoms with van der Waals surface area (Å²) < 4.78 is 11.7. The molecule has 1 fully saturated rings. The molecule has 2 heterocycles. The van der Waals surface area contributed by atoms with E-state index in [2.05, 4.69) is 26.9 Å². The standard InChI is InChI=1S/C20H23N3O3S/c1-25-17-4-3-14(9-18(17)26-2)12-22-5-7-23(8-6-22)15-10-16(24)20-19(11-15)27-13-21-20/h3-4,9-11,13,24H,5-8,12H2,1-2H3. The number of phenolic OH excluding ortho intramolecular Hbond substituents is 1. The van der Waals surface area contributed by atoms with Gasteiger partial charge in [0.1, 0.15) is 11.3 Å². The highest BCUT2D eigenvalue weighted by Gasteiger charge is 2.19. The topological polar surface area (TPSA) is 58.1 Å². The molecule has 1 saturated heterocycles. The smallest absolute Gasteiger partial charge is 0.161 e. The van der Waals surface area contributed by atoms with Crippen molar-refractivity contribution in [2.75, 3.05) is 45.3 Å². The molecule has 6 nitrogen and oxygen atoms in total. The number of rotatable bonds is 5. The SMILES string of the molecule is COc1ccc(CN2CCN(c3cc(O)c4ncsc4c3)CC2)cc1OC. The summed E-state index contributed by atoms with van der Waals surface area (Å²) in [7, 11) is 3.31. The van der Waals surface area contributed by atoms with Crippen molar-refractivity contribution in [1.29, 1.82) is 0 Å². The number of phenols is 1. The Balaban J connectivity index is 1.41. The molecule has 0 saturated carbocycles. The molecule has 0 radical (unpaired) electrons. The van der Waals surface area contributed by atoms with E-state index in [4.69, 9.17) is 9.47 Å². The summed E-state index contributed by atoms with van der Waals surface area (Å²) in [6, 6.07) is 10.0. The first-order valence-electron chi connectivity index (χ1n) is 8.92. The molecule has 27 heavy (non-hydrogen) atoms. The Hall–Kier alpha value is -2.51. The molecular formula is C20H23N3O3S. The van der Waals surface area contributed by atoms with Gasteiger partial charge in [-0.05, 0) is 23.8 Å². The molecule has 0 aliphatic carbocycles. The Bertz CT molecular complexity index is 935. The fourth-order valence-corrected chi connectivity index (χ4v) is 4.25. The normalized spacial score (nSPS) is 15.3. The lowest BCUT2D eigenvalue weighted by atomic mass is 10.1. The van der Waals surface area contributed by atoms with Crippen LogP contribution in [0.2, 0.25) is 0 Å². The first-order chi connectivity index (χ1) is 13.2. The van der Waals surface area contributed by atoms with Gasteiger partial charge < -0.3 is 19.5 Å². The lowest BCUT2D eigenvalue weighted by molar-refractivity contribution is 0.249. The van der Waals surface area contributed by atoms with Crippen molar-refractivity contribution in [2.45, 2.75) is 6.54 Å². The van der Waals surface area contributed by atoms with Crippen LogP contribution >= 0.6 is 11.3 Å². The van der Waals surface area contributed by atoms with Crippen LogP contribution in [0.3, 0.4) is 0 Å². The third-order valence-corrected chi connectivity index (χ3v) is 5.77. The summed E-state index contributed by atoms with van der Waals surface area (Å²) in [5.74, 6) is 1.78. The van der Waals surface area contributed by atoms with E-state index in [-0.39, 0.29) is 5.75 Å². The van der Waals surface area contributed by atoms with Gasteiger partial charge in [0, 0.05) is 44.5 Å². The van der Waals surface area contributed by atoms with Crippen LogP contribution in [-0.2, 0) is 6.54 Å². The zero-order valence-corrected chi connectivity index (χ0v) is 16.3. The molecule has 0 spiro atoms. The summed E-state index contributed by atoms with van der Waals surface area (Å²) in [5.41, 5.74) is 4.74. The van der Waals surface area contributed by atoms with Gasteiger partial charge in [0.15, 0.2) is 11.5 Å². The molecule has 3 aromatic rings. The first-order valence-corrected chi connectivity index (χ1v) is 9.80. The number of aromatic nitrogens is 1. The number of nitrogens with zero attached hydrogens (tertiary/aromatic N) is 3. The Morgan fingerprint density at radius 2 is 1.81 bits per heavy atom. The van der Waals surface area contributed by atoms with Crippen molar-refractivity contribution < 1.29 is 14.6 Å². The second-order valence-corrected chi connectivity index (χ2v) is 7.50. The molecule has 1 aliphatic heterocycles. The Morgan fingerprint density at radius 3 is 2.56 bits per heavy atom. The summed E-state index contributed by atoms with van der Waals surface area (Å²) >= 11 is 1.56. The van der Waals surface area contributed by atoms with Crippen LogP contribution in [-0.4, -0.2) is 55.4 Å². The largest absolute Gasteiger partial charge is 0.506 e. The van der Waals surface area contributed by atoms with Gasteiger partial charge in [-0.1, -0.05) is 6.07 Å². The number of aromatic hydroxyl groups is 1. The second kappa shape index (κ2) is 7.62. The van der Waals surface area contributed by atoms with Crippen LogP contribution in [0, 0.1) is 0 Å². The molecule has 4 rings (SSSR count). The van der Waals surface area contributed by atoms with Crippen molar-refractivity contribution >= 4 is 27.2 Å². The maximum atomic E-state index is 10.2. The fourth-order valence-electron chi connectivity index (χ4n) is 3.52. The van der Waals surface area contributed by atoms with Crippen molar-refractivity contribution in [1.82, 2.24) is 9.88 Å². The summed E-state index contributed by atoms with van der Waals surface area (Å²) in [5, 5.41) is 10.2. The van der Waals surface area contributed by atoms with Crippen molar-refractivity contribution in [3.05, 3.63) is 41.4 Å². The molecule has 0 unspecified atom stereocenters. The fraction of sp³-hybridized carbons (Fsp3) is 0.350. The number of piperazine rings is 1. The van der Waals surface area contributed by atoms with E-state index in [0.717, 1.165) is 54.6 Å². The first kappa shape index (κ1) is 17.9. The predicted molar refractivity (Wildman–Crippen MR) is 108 cm³/mol. The van der Waals surface area contributed by atoms with Gasteiger partial charge in [0.2, 0.25) is 0 Å². The molecule has 0 amide bonds. The number of methoxy groups -OCH3 is 2. The minimum atomic E-state index is 0.261. The Kier molecular flexibility index (Phi) is 5.05. The van der Waals surface area contributed by atoms with Crippen molar-refractivity contribution in [3.8, 4) is 17.2 Å². The van der Waals surface area contributed by atoms with Crippen molar-refractivity contribution in [3.63, 3.8) is 0 Å². The number of anilines is 1. The highest BCUT2D eigenvalue weighted by Crippen LogP contribution is 2.33. The predicted octanol–water partition coefficient (Wildman–Crippen LogP) is 3.34. The minimum Gasteiger partial charge on any atom is -0.506 e. The highest BCUT2D eigenvalue weighted by molar-refractivity contribution is 7.16. The van der Waals surface area contributed by atoms with Crippen LogP contribution in [0.15, 0.2) is 35.8 Å². The van der Waals surface area contributed by atoms with Crippen LogP contribution in [0.4, 0.5) is 5.69 Å². The van der Waals surface area contributed by atoms with Gasteiger partial charge in [-0.15, -0.1) is 11.3 Å². The summed E-state index contributed by atoms with van der Waals surface area (Å²) in [6.07, 6.45) is 0. The maximum absolute atomic E-state index is 10.2. The molecule has 0 bridgehead atoms. The second-order valence-electron chi connectivity index (χ2n) is 6.62. The highest BCUT2D eigenvalue weighted by atomic mass is 32.1. The Morgan fingerprint density at radius 1 is 1.04 bits per heavy atom. The molecule has 1 aromatic heterocycles. The van der Waals surface area contributed by atoms with Gasteiger partial charge in [0.25, 0.3) is 0 Å². The monoisotopic (exact) mass is 385 g/mol. The third kappa shape index (κ3) is 3.65. The number of hydrogen-bond acceptors (Lipinski definition) is 7. The van der Waals surface area contributed by atoms with Gasteiger partial charge in [-0.2, -0.15) is 0 Å². The number of ether oxygens (including phenoxy) is 2. The quantitative estimate of drug-likeness (QED) is 0.727. The molecular weight excluding hydrogens is 362 g/mol. The average molecular weight is 385 g/mol. The molecule has 1 aliphatic rings. The van der Waals surface area contributed by atoms with Gasteiger partial charge in [0.05, 0.1) is 24.4 Å². The van der Waals surface area contributed by atoms with Crippen LogP contribution in [0.25, 0.3) is 10.2 Å². The number of benzene rings is 2. The van der Waals surface area contributed by atoms with E-state index in [1.165, 1.54) is 5.56 Å². The molecule has 2 aromatic carbocycles. The van der Waals surface area contributed by atoms with Gasteiger partial charge in [-0.3, -0.25) is 4.90 Å². The maximum Gasteiger partial charge on any atom is 0.161 e. The van der Waals surface area contributed by atoms with Crippen molar-refractivity contribution in [2.24, 2.45) is 0 Å². The zero-order chi connectivity index (χ0) is 18.8. The zero-order valence-electron chi connectivity index (χ0n) is 15.5. The van der Waals surface area contributed by atoms with Gasteiger partial charge in [-0.25, -0.2) is 4.98 Å². The van der Waals surface area contributed by atoms with E-state index in [1.54, 1.807) is 31.1 Å². The van der Waals surface area contributed by atoms with E-state index < -0.39 is 0 Å². The number of hydrogen-bond donors (Lipinski definition) is 1. The molecule has 0 atom stereocenters. The molecule has 7 heteroatoms. The molecule has 1 N–H and O–H groups in total. The Labute approximate surface area is 162 Å². The van der Waals surface area contributed by atoms with Gasteiger partial charge >= 0.3 is 0 Å². The van der Waals surface area contributed by atoms with E-state index in [9.17, 15) is 5.11 Å². The minimum absolute atomic E-state index is 0.261. The summed E-state index contributed by atoms with van der Waals surface area (Å²) in [6.45, 7) is 4.67. The average Bonchev–Trinajstić information content (AvgIpc) is 3.18. The van der Waals surface area contributed by atoms with E-state index in [0.29, 0.717) is 5.52 Å². The summed E-state index contributed by atoms with van der Waals surface area (Å²) in [4.78, 5) is 8.97. The lowest BCUT2D eigenvalue weighted by Gasteiger charge is -2.36. The van der Waals surface area contributed by atoms with Crippen LogP contribution in [0.1, 0.15) is 5.56 Å². The van der Waals surface area contributed by atoms with Crippen LogP contribution < -0.4 is 14.4 Å². The molecule has 142 valence electrons. The van der Waals surface area contributed by atoms with E-state index >= 15 is 0 Å². The third-order valence-electron chi connectivity index (χ3n) is 4.99. The number of fused-ring (bicyclic) bond motifs is 1.